The normalized spacial score (nSPS) is 17.7. The summed E-state index contributed by atoms with van der Waals surface area (Å²) < 4.78 is 24.6. The topological polar surface area (TPSA) is 61.4 Å². The summed E-state index contributed by atoms with van der Waals surface area (Å²) in [6, 6.07) is 6.77. The van der Waals surface area contributed by atoms with E-state index in [2.05, 4.69) is 15.5 Å². The monoisotopic (exact) mass is 341 g/mol. The first-order chi connectivity index (χ1) is 11.0. The number of carbonyl (C=O) groups is 1. The molecular formula is C16H24FN3O2S. The molecule has 1 heterocycles. The van der Waals surface area contributed by atoms with E-state index in [4.69, 9.17) is 0 Å². The second kappa shape index (κ2) is 8.98. The highest BCUT2D eigenvalue weighted by molar-refractivity contribution is 7.84. The molecule has 2 rings (SSSR count). The molecule has 1 aliphatic rings. The van der Waals surface area contributed by atoms with Gasteiger partial charge in [0.2, 0.25) is 0 Å². The van der Waals surface area contributed by atoms with Crippen LogP contribution in [0.15, 0.2) is 24.3 Å². The lowest BCUT2D eigenvalue weighted by molar-refractivity contribution is 0.185. The molecule has 2 N–H and O–H groups in total. The summed E-state index contributed by atoms with van der Waals surface area (Å²) in [5.74, 6) is 0.301. The Morgan fingerprint density at radius 3 is 2.70 bits per heavy atom. The molecule has 1 aliphatic heterocycles. The third-order valence-electron chi connectivity index (χ3n) is 3.95. The second-order valence-corrected chi connectivity index (χ2v) is 7.37. The Morgan fingerprint density at radius 1 is 1.35 bits per heavy atom. The molecule has 0 unspecified atom stereocenters. The molecule has 23 heavy (non-hydrogen) atoms. The first-order valence-corrected chi connectivity index (χ1v) is 9.57. The van der Waals surface area contributed by atoms with Gasteiger partial charge in [-0.2, -0.15) is 0 Å². The van der Waals surface area contributed by atoms with Gasteiger partial charge >= 0.3 is 6.03 Å². The van der Waals surface area contributed by atoms with Gasteiger partial charge in [-0.25, -0.2) is 9.18 Å². The van der Waals surface area contributed by atoms with Gasteiger partial charge in [0.25, 0.3) is 0 Å². The Balaban J connectivity index is 1.68. The zero-order valence-electron chi connectivity index (χ0n) is 13.4. The van der Waals surface area contributed by atoms with E-state index in [1.165, 1.54) is 6.07 Å². The van der Waals surface area contributed by atoms with Gasteiger partial charge in [0.1, 0.15) is 5.82 Å². The standard InChI is InChI=1S/C16H24FN3O2S/c1-23(22)11-8-18-16(21)19-14-6-9-20(10-7-14)12-13-4-2-3-5-15(13)17/h2-5,14H,6-12H2,1H3,(H2,18,19,21)/t23-/m1/s1. The van der Waals surface area contributed by atoms with Crippen LogP contribution < -0.4 is 10.6 Å². The second-order valence-electron chi connectivity index (χ2n) is 5.82. The number of piperidine rings is 1. The minimum absolute atomic E-state index is 0.138. The molecule has 1 atom stereocenters. The predicted octanol–water partition coefficient (Wildman–Crippen LogP) is 1.47. The van der Waals surface area contributed by atoms with E-state index in [9.17, 15) is 13.4 Å². The number of benzene rings is 1. The molecule has 1 saturated heterocycles. The van der Waals surface area contributed by atoms with Gasteiger partial charge < -0.3 is 10.6 Å². The van der Waals surface area contributed by atoms with Crippen LogP contribution in [0, 0.1) is 5.82 Å². The number of urea groups is 1. The average molecular weight is 341 g/mol. The maximum atomic E-state index is 13.7. The number of amides is 2. The van der Waals surface area contributed by atoms with Crippen molar-refractivity contribution in [3.8, 4) is 0 Å². The van der Waals surface area contributed by atoms with Crippen molar-refractivity contribution in [2.45, 2.75) is 25.4 Å². The zero-order chi connectivity index (χ0) is 16.7. The Hall–Kier alpha value is -1.47. The Labute approximate surface area is 139 Å². The van der Waals surface area contributed by atoms with E-state index < -0.39 is 10.8 Å². The fraction of sp³-hybridized carbons (Fsp3) is 0.562. The highest BCUT2D eigenvalue weighted by atomic mass is 32.2. The lowest BCUT2D eigenvalue weighted by Crippen LogP contribution is -2.48. The predicted molar refractivity (Wildman–Crippen MR) is 90.2 cm³/mol. The van der Waals surface area contributed by atoms with Crippen molar-refractivity contribution in [1.29, 1.82) is 0 Å². The number of nitrogens with one attached hydrogen (secondary N) is 2. The number of carbonyl (C=O) groups excluding carboxylic acids is 1. The summed E-state index contributed by atoms with van der Waals surface area (Å²) in [7, 11) is -0.895. The van der Waals surface area contributed by atoms with Crippen LogP contribution in [0.2, 0.25) is 0 Å². The van der Waals surface area contributed by atoms with Crippen LogP contribution in [-0.4, -0.2) is 52.8 Å². The molecule has 128 valence electrons. The van der Waals surface area contributed by atoms with E-state index in [1.54, 1.807) is 12.3 Å². The smallest absolute Gasteiger partial charge is 0.315 e. The zero-order valence-corrected chi connectivity index (χ0v) is 14.2. The number of nitrogens with zero attached hydrogens (tertiary/aromatic N) is 1. The fourth-order valence-corrected chi connectivity index (χ4v) is 3.04. The summed E-state index contributed by atoms with van der Waals surface area (Å²) in [4.78, 5) is 13.9. The van der Waals surface area contributed by atoms with E-state index in [-0.39, 0.29) is 17.9 Å². The maximum Gasteiger partial charge on any atom is 0.315 e. The van der Waals surface area contributed by atoms with E-state index in [1.807, 2.05) is 12.1 Å². The molecule has 0 radical (unpaired) electrons. The van der Waals surface area contributed by atoms with Gasteiger partial charge in [-0.3, -0.25) is 9.11 Å². The van der Waals surface area contributed by atoms with Gasteiger partial charge in [0, 0.05) is 60.6 Å². The van der Waals surface area contributed by atoms with Crippen LogP contribution in [0.5, 0.6) is 0 Å². The van der Waals surface area contributed by atoms with Crippen LogP contribution in [-0.2, 0) is 17.3 Å². The van der Waals surface area contributed by atoms with Crippen molar-refractivity contribution >= 4 is 16.8 Å². The van der Waals surface area contributed by atoms with E-state index >= 15 is 0 Å². The third-order valence-corrected chi connectivity index (χ3v) is 4.73. The summed E-state index contributed by atoms with van der Waals surface area (Å²) in [5, 5.41) is 5.65. The van der Waals surface area contributed by atoms with Crippen LogP contribution >= 0.6 is 0 Å². The first-order valence-electron chi connectivity index (χ1n) is 7.85. The Bertz CT molecular complexity index is 548. The Kier molecular flexibility index (Phi) is 6.98. The molecule has 0 spiro atoms. The van der Waals surface area contributed by atoms with Crippen LogP contribution in [0.25, 0.3) is 0 Å². The highest BCUT2D eigenvalue weighted by Crippen LogP contribution is 2.15. The number of halogens is 1. The number of likely N-dealkylation sites (tertiary alicyclic amines) is 1. The molecular weight excluding hydrogens is 317 g/mol. The van der Waals surface area contributed by atoms with Gasteiger partial charge in [0.15, 0.2) is 0 Å². The molecule has 0 saturated carbocycles. The maximum absolute atomic E-state index is 13.7. The van der Waals surface area contributed by atoms with Crippen LogP contribution in [0.3, 0.4) is 0 Å². The molecule has 2 amide bonds. The average Bonchev–Trinajstić information content (AvgIpc) is 2.51. The quantitative estimate of drug-likeness (QED) is 0.824. The molecule has 1 aromatic carbocycles. The molecule has 1 fully saturated rings. The lowest BCUT2D eigenvalue weighted by Gasteiger charge is -2.32. The molecule has 0 aliphatic carbocycles. The largest absolute Gasteiger partial charge is 0.337 e. The van der Waals surface area contributed by atoms with Crippen LogP contribution in [0.4, 0.5) is 9.18 Å². The summed E-state index contributed by atoms with van der Waals surface area (Å²) in [5.41, 5.74) is 0.712. The SMILES string of the molecule is C[S@@](=O)CCNC(=O)NC1CCN(Cc2ccccc2F)CC1. The fourth-order valence-electron chi connectivity index (χ4n) is 2.65. The molecule has 1 aromatic rings. The summed E-state index contributed by atoms with van der Waals surface area (Å²) in [6.45, 7) is 2.69. The van der Waals surface area contributed by atoms with Crippen molar-refractivity contribution in [2.24, 2.45) is 0 Å². The highest BCUT2D eigenvalue weighted by Gasteiger charge is 2.21. The van der Waals surface area contributed by atoms with Crippen LogP contribution in [0.1, 0.15) is 18.4 Å². The number of hydrogen-bond donors (Lipinski definition) is 2. The molecule has 5 nitrogen and oxygen atoms in total. The van der Waals surface area contributed by atoms with Crippen molar-refractivity contribution < 1.29 is 13.4 Å². The molecule has 7 heteroatoms. The number of hydrogen-bond acceptors (Lipinski definition) is 3. The van der Waals surface area contributed by atoms with E-state index in [0.29, 0.717) is 24.4 Å². The first kappa shape index (κ1) is 17.9. The third kappa shape index (κ3) is 6.27. The lowest BCUT2D eigenvalue weighted by atomic mass is 10.0. The molecule has 0 aromatic heterocycles. The van der Waals surface area contributed by atoms with Crippen molar-refractivity contribution in [3.05, 3.63) is 35.6 Å². The summed E-state index contributed by atoms with van der Waals surface area (Å²) >= 11 is 0. The Morgan fingerprint density at radius 2 is 2.04 bits per heavy atom. The van der Waals surface area contributed by atoms with Crippen molar-refractivity contribution in [2.75, 3.05) is 31.6 Å². The minimum atomic E-state index is -0.895. The number of rotatable bonds is 6. The van der Waals surface area contributed by atoms with Gasteiger partial charge in [-0.05, 0) is 18.9 Å². The van der Waals surface area contributed by atoms with Gasteiger partial charge in [-0.1, -0.05) is 18.2 Å². The summed E-state index contributed by atoms with van der Waals surface area (Å²) in [6.07, 6.45) is 3.31. The minimum Gasteiger partial charge on any atom is -0.337 e. The molecule has 0 bridgehead atoms. The van der Waals surface area contributed by atoms with Gasteiger partial charge in [0.05, 0.1) is 0 Å². The van der Waals surface area contributed by atoms with Gasteiger partial charge in [-0.15, -0.1) is 0 Å². The van der Waals surface area contributed by atoms with Crippen molar-refractivity contribution in [3.63, 3.8) is 0 Å². The van der Waals surface area contributed by atoms with E-state index in [0.717, 1.165) is 25.9 Å². The van der Waals surface area contributed by atoms with Crippen molar-refractivity contribution in [1.82, 2.24) is 15.5 Å².